The van der Waals surface area contributed by atoms with Crippen LogP contribution in [0.25, 0.3) is 0 Å². The summed E-state index contributed by atoms with van der Waals surface area (Å²) in [4.78, 5) is 5.10. The Hall–Kier alpha value is -1.85. The lowest BCUT2D eigenvalue weighted by Crippen LogP contribution is -2.45. The van der Waals surface area contributed by atoms with Gasteiger partial charge in [0.25, 0.3) is 0 Å². The van der Waals surface area contributed by atoms with Crippen LogP contribution in [-0.4, -0.2) is 54.6 Å². The van der Waals surface area contributed by atoms with Gasteiger partial charge in [0.2, 0.25) is 0 Å². The number of nitrogens with zero attached hydrogens (tertiary/aromatic N) is 4. The normalized spacial score (nSPS) is 19.5. The fourth-order valence-corrected chi connectivity index (χ4v) is 4.51. The monoisotopic (exact) mass is 340 g/mol. The van der Waals surface area contributed by atoms with Crippen molar-refractivity contribution in [2.75, 3.05) is 44.8 Å². The molecule has 2 aliphatic heterocycles. The largest absolute Gasteiger partial charge is 0.383 e. The molecule has 134 valence electrons. The number of para-hydroxylation sites is 1. The third-order valence-electron chi connectivity index (χ3n) is 5.85. The Bertz CT molecular complexity index is 718. The average Bonchev–Trinajstić information content (AvgIpc) is 3.17. The van der Waals surface area contributed by atoms with Crippen LogP contribution in [0, 0.1) is 0 Å². The zero-order valence-corrected chi connectivity index (χ0v) is 15.3. The van der Waals surface area contributed by atoms with Crippen molar-refractivity contribution < 1.29 is 4.74 Å². The number of hydrogen-bond donors (Lipinski definition) is 0. The minimum Gasteiger partial charge on any atom is -0.383 e. The number of anilines is 1. The topological polar surface area (TPSA) is 33.5 Å². The summed E-state index contributed by atoms with van der Waals surface area (Å²) in [6, 6.07) is 8.98. The van der Waals surface area contributed by atoms with E-state index in [4.69, 9.17) is 4.74 Å². The molecule has 5 nitrogen and oxygen atoms in total. The molecule has 2 aliphatic rings. The summed E-state index contributed by atoms with van der Waals surface area (Å²) in [5.41, 5.74) is 4.59. The summed E-state index contributed by atoms with van der Waals surface area (Å²) in [6.45, 7) is 6.23. The standard InChI is InChI=1S/C20H28N4O/c1-22-14-17(13-21-22)15-23-9-7-20(8-10-23)16-24(11-12-25-2)19-6-4-3-5-18(19)20/h3-6,13-14H,7-12,15-16H2,1-2H3. The van der Waals surface area contributed by atoms with Gasteiger partial charge in [-0.05, 0) is 37.6 Å². The SMILES string of the molecule is COCCN1CC2(CCN(Cc3cnn(C)c3)CC2)c2ccccc21. The van der Waals surface area contributed by atoms with Gasteiger partial charge in [-0.2, -0.15) is 5.10 Å². The quantitative estimate of drug-likeness (QED) is 0.837. The van der Waals surface area contributed by atoms with E-state index >= 15 is 0 Å². The summed E-state index contributed by atoms with van der Waals surface area (Å²) in [5.74, 6) is 0. The number of piperidine rings is 1. The first-order chi connectivity index (χ1) is 12.2. The highest BCUT2D eigenvalue weighted by molar-refractivity contribution is 5.62. The van der Waals surface area contributed by atoms with Gasteiger partial charge >= 0.3 is 0 Å². The lowest BCUT2D eigenvalue weighted by molar-refractivity contribution is 0.157. The van der Waals surface area contributed by atoms with Crippen LogP contribution in [0.4, 0.5) is 5.69 Å². The lowest BCUT2D eigenvalue weighted by atomic mass is 9.74. The van der Waals surface area contributed by atoms with E-state index < -0.39 is 0 Å². The maximum atomic E-state index is 5.32. The number of ether oxygens (including phenoxy) is 1. The molecular formula is C20H28N4O. The van der Waals surface area contributed by atoms with Gasteiger partial charge < -0.3 is 9.64 Å². The molecule has 0 saturated carbocycles. The van der Waals surface area contributed by atoms with Gasteiger partial charge in [-0.1, -0.05) is 18.2 Å². The number of fused-ring (bicyclic) bond motifs is 2. The molecule has 0 unspecified atom stereocenters. The molecule has 0 aliphatic carbocycles. The molecule has 0 amide bonds. The Balaban J connectivity index is 1.46. The van der Waals surface area contributed by atoms with Gasteiger partial charge in [-0.15, -0.1) is 0 Å². The summed E-state index contributed by atoms with van der Waals surface area (Å²) < 4.78 is 7.21. The second-order valence-corrected chi connectivity index (χ2v) is 7.51. The van der Waals surface area contributed by atoms with Crippen LogP contribution in [0.5, 0.6) is 0 Å². The minimum atomic E-state index is 0.315. The van der Waals surface area contributed by atoms with Crippen LogP contribution in [0.3, 0.4) is 0 Å². The molecule has 0 atom stereocenters. The van der Waals surface area contributed by atoms with E-state index in [1.807, 2.05) is 17.9 Å². The Morgan fingerprint density at radius 1 is 1.20 bits per heavy atom. The summed E-state index contributed by atoms with van der Waals surface area (Å²) in [7, 11) is 3.77. The van der Waals surface area contributed by atoms with Crippen molar-refractivity contribution in [1.29, 1.82) is 0 Å². The Kier molecular flexibility index (Phi) is 4.52. The van der Waals surface area contributed by atoms with Crippen molar-refractivity contribution in [1.82, 2.24) is 14.7 Å². The van der Waals surface area contributed by atoms with E-state index in [1.165, 1.54) is 24.1 Å². The fourth-order valence-electron chi connectivity index (χ4n) is 4.51. The molecule has 1 saturated heterocycles. The molecule has 0 N–H and O–H groups in total. The first-order valence-electron chi connectivity index (χ1n) is 9.23. The first kappa shape index (κ1) is 16.6. The van der Waals surface area contributed by atoms with Crippen molar-refractivity contribution in [3.63, 3.8) is 0 Å². The average molecular weight is 340 g/mol. The number of likely N-dealkylation sites (tertiary alicyclic amines) is 1. The van der Waals surface area contributed by atoms with Gasteiger partial charge in [-0.25, -0.2) is 0 Å². The Morgan fingerprint density at radius 3 is 2.72 bits per heavy atom. The van der Waals surface area contributed by atoms with E-state index in [2.05, 4.69) is 45.4 Å². The number of aromatic nitrogens is 2. The molecule has 1 aromatic carbocycles. The highest BCUT2D eigenvalue weighted by atomic mass is 16.5. The minimum absolute atomic E-state index is 0.315. The van der Waals surface area contributed by atoms with Crippen molar-refractivity contribution in [3.05, 3.63) is 47.8 Å². The van der Waals surface area contributed by atoms with Crippen molar-refractivity contribution in [2.45, 2.75) is 24.8 Å². The Labute approximate surface area is 150 Å². The maximum Gasteiger partial charge on any atom is 0.0637 e. The Morgan fingerprint density at radius 2 is 2.00 bits per heavy atom. The predicted molar refractivity (Wildman–Crippen MR) is 99.9 cm³/mol. The second-order valence-electron chi connectivity index (χ2n) is 7.51. The van der Waals surface area contributed by atoms with Gasteiger partial charge in [0.15, 0.2) is 0 Å². The lowest BCUT2D eigenvalue weighted by Gasteiger charge is -2.40. The van der Waals surface area contributed by atoms with Crippen molar-refractivity contribution in [2.24, 2.45) is 7.05 Å². The van der Waals surface area contributed by atoms with E-state index in [-0.39, 0.29) is 0 Å². The van der Waals surface area contributed by atoms with Crippen LogP contribution in [0.2, 0.25) is 0 Å². The molecule has 4 rings (SSSR count). The second kappa shape index (κ2) is 6.81. The number of methoxy groups -OCH3 is 1. The molecule has 25 heavy (non-hydrogen) atoms. The summed E-state index contributed by atoms with van der Waals surface area (Å²) in [5, 5.41) is 4.29. The van der Waals surface area contributed by atoms with Crippen LogP contribution in [-0.2, 0) is 23.7 Å². The smallest absolute Gasteiger partial charge is 0.0637 e. The van der Waals surface area contributed by atoms with Crippen molar-refractivity contribution in [3.8, 4) is 0 Å². The van der Waals surface area contributed by atoms with Crippen LogP contribution < -0.4 is 4.90 Å². The predicted octanol–water partition coefficient (Wildman–Crippen LogP) is 2.42. The van der Waals surface area contributed by atoms with Crippen LogP contribution >= 0.6 is 0 Å². The van der Waals surface area contributed by atoms with E-state index in [1.54, 1.807) is 12.7 Å². The van der Waals surface area contributed by atoms with Crippen LogP contribution in [0.15, 0.2) is 36.7 Å². The van der Waals surface area contributed by atoms with Gasteiger partial charge in [-0.3, -0.25) is 9.58 Å². The number of aryl methyl sites for hydroxylation is 1. The molecule has 2 aromatic rings. The van der Waals surface area contributed by atoms with E-state index in [0.29, 0.717) is 5.41 Å². The maximum absolute atomic E-state index is 5.32. The van der Waals surface area contributed by atoms with Gasteiger partial charge in [0.1, 0.15) is 0 Å². The molecule has 3 heterocycles. The number of hydrogen-bond acceptors (Lipinski definition) is 4. The van der Waals surface area contributed by atoms with E-state index in [9.17, 15) is 0 Å². The van der Waals surface area contributed by atoms with Crippen LogP contribution in [0.1, 0.15) is 24.0 Å². The highest BCUT2D eigenvalue weighted by Crippen LogP contribution is 2.46. The third kappa shape index (κ3) is 3.18. The molecule has 1 fully saturated rings. The number of benzene rings is 1. The molecule has 1 aromatic heterocycles. The fraction of sp³-hybridized carbons (Fsp3) is 0.550. The van der Waals surface area contributed by atoms with Gasteiger partial charge in [0, 0.05) is 56.7 Å². The zero-order chi connectivity index (χ0) is 17.3. The highest BCUT2D eigenvalue weighted by Gasteiger charge is 2.44. The van der Waals surface area contributed by atoms with Crippen molar-refractivity contribution >= 4 is 5.69 Å². The molecule has 0 radical (unpaired) electrons. The summed E-state index contributed by atoms with van der Waals surface area (Å²) >= 11 is 0. The summed E-state index contributed by atoms with van der Waals surface area (Å²) in [6.07, 6.45) is 6.57. The van der Waals surface area contributed by atoms with E-state index in [0.717, 1.165) is 39.3 Å². The molecule has 0 bridgehead atoms. The number of rotatable bonds is 5. The first-order valence-corrected chi connectivity index (χ1v) is 9.23. The molecular weight excluding hydrogens is 312 g/mol. The third-order valence-corrected chi connectivity index (χ3v) is 5.85. The van der Waals surface area contributed by atoms with Gasteiger partial charge in [0.05, 0.1) is 12.8 Å². The zero-order valence-electron chi connectivity index (χ0n) is 15.3. The molecule has 5 heteroatoms. The molecule has 1 spiro atoms.